The summed E-state index contributed by atoms with van der Waals surface area (Å²) in [6.07, 6.45) is 4.64. The third-order valence-electron chi connectivity index (χ3n) is 2.78. The number of nitrogens with zero attached hydrogens (tertiary/aromatic N) is 1. The topological polar surface area (TPSA) is 50.7 Å². The van der Waals surface area contributed by atoms with Gasteiger partial charge in [-0.1, -0.05) is 35.9 Å². The van der Waals surface area contributed by atoms with Crippen LogP contribution in [-0.2, 0) is 4.79 Å². The van der Waals surface area contributed by atoms with Gasteiger partial charge in [-0.15, -0.1) is 0 Å². The third-order valence-corrected chi connectivity index (χ3v) is 3.02. The number of benzene rings is 2. The van der Waals surface area contributed by atoms with Crippen molar-refractivity contribution in [2.24, 2.45) is 5.10 Å². The van der Waals surface area contributed by atoms with Gasteiger partial charge in [-0.25, -0.2) is 5.43 Å². The molecule has 0 aromatic heterocycles. The molecule has 0 radical (unpaired) electrons. The predicted molar refractivity (Wildman–Crippen MR) is 89.2 cm³/mol. The molecular formula is C17H15ClN2O2. The van der Waals surface area contributed by atoms with E-state index in [1.807, 2.05) is 36.4 Å². The summed E-state index contributed by atoms with van der Waals surface area (Å²) in [6, 6.07) is 14.6. The zero-order valence-electron chi connectivity index (χ0n) is 12.0. The molecule has 0 unspecified atom stereocenters. The van der Waals surface area contributed by atoms with Gasteiger partial charge in [0.2, 0.25) is 0 Å². The van der Waals surface area contributed by atoms with Gasteiger partial charge in [0.1, 0.15) is 5.75 Å². The highest BCUT2D eigenvalue weighted by molar-refractivity contribution is 6.30. The minimum Gasteiger partial charge on any atom is -0.497 e. The van der Waals surface area contributed by atoms with E-state index in [-0.39, 0.29) is 5.91 Å². The highest BCUT2D eigenvalue weighted by atomic mass is 35.5. The maximum absolute atomic E-state index is 11.6. The van der Waals surface area contributed by atoms with Crippen LogP contribution in [0.15, 0.2) is 59.7 Å². The van der Waals surface area contributed by atoms with Gasteiger partial charge in [-0.2, -0.15) is 5.10 Å². The van der Waals surface area contributed by atoms with Gasteiger partial charge < -0.3 is 4.74 Å². The predicted octanol–water partition coefficient (Wildman–Crippen LogP) is 3.51. The fourth-order valence-electron chi connectivity index (χ4n) is 1.68. The van der Waals surface area contributed by atoms with Crippen LogP contribution in [0.3, 0.4) is 0 Å². The Kier molecular flexibility index (Phi) is 5.74. The Morgan fingerprint density at radius 1 is 1.18 bits per heavy atom. The number of methoxy groups -OCH3 is 1. The highest BCUT2D eigenvalue weighted by Gasteiger charge is 1.94. The minimum atomic E-state index is -0.311. The first-order valence-electron chi connectivity index (χ1n) is 6.58. The van der Waals surface area contributed by atoms with E-state index in [1.54, 1.807) is 25.3 Å². The van der Waals surface area contributed by atoms with Gasteiger partial charge >= 0.3 is 0 Å². The first-order valence-corrected chi connectivity index (χ1v) is 6.96. The Bertz CT molecular complexity index is 694. The Morgan fingerprint density at radius 3 is 2.64 bits per heavy atom. The molecular weight excluding hydrogens is 300 g/mol. The van der Waals surface area contributed by atoms with Crippen LogP contribution in [0.1, 0.15) is 11.1 Å². The van der Waals surface area contributed by atoms with E-state index in [4.69, 9.17) is 16.3 Å². The number of ether oxygens (including phenoxy) is 1. The van der Waals surface area contributed by atoms with Crippen molar-refractivity contribution in [3.8, 4) is 5.75 Å². The van der Waals surface area contributed by atoms with Crippen LogP contribution < -0.4 is 10.2 Å². The van der Waals surface area contributed by atoms with Gasteiger partial charge in [0.15, 0.2) is 0 Å². The average molecular weight is 315 g/mol. The molecule has 2 rings (SSSR count). The van der Waals surface area contributed by atoms with E-state index < -0.39 is 0 Å². The standard InChI is InChI=1S/C17H15ClN2O2/c1-22-16-8-5-13(6-9-16)7-10-17(21)20-19-12-14-3-2-4-15(18)11-14/h2-12H,1H3,(H,20,21)/b10-7+,19-12-. The summed E-state index contributed by atoms with van der Waals surface area (Å²) in [7, 11) is 1.61. The van der Waals surface area contributed by atoms with E-state index >= 15 is 0 Å². The lowest BCUT2D eigenvalue weighted by molar-refractivity contribution is -0.116. The van der Waals surface area contributed by atoms with Crippen molar-refractivity contribution >= 4 is 29.8 Å². The van der Waals surface area contributed by atoms with Gasteiger partial charge in [-0.05, 0) is 41.5 Å². The summed E-state index contributed by atoms with van der Waals surface area (Å²) in [5.74, 6) is 0.460. The SMILES string of the molecule is COc1ccc(/C=C/C(=O)N/N=C\c2cccc(Cl)c2)cc1. The summed E-state index contributed by atoms with van der Waals surface area (Å²) < 4.78 is 5.07. The van der Waals surface area contributed by atoms with Crippen LogP contribution in [0.2, 0.25) is 5.02 Å². The number of amides is 1. The van der Waals surface area contributed by atoms with Gasteiger partial charge in [0.05, 0.1) is 13.3 Å². The lowest BCUT2D eigenvalue weighted by Crippen LogP contribution is -2.14. The maximum Gasteiger partial charge on any atom is 0.264 e. The first-order chi connectivity index (χ1) is 10.7. The highest BCUT2D eigenvalue weighted by Crippen LogP contribution is 2.12. The molecule has 0 heterocycles. The fourth-order valence-corrected chi connectivity index (χ4v) is 1.88. The lowest BCUT2D eigenvalue weighted by atomic mass is 10.2. The van der Waals surface area contributed by atoms with Crippen molar-refractivity contribution in [1.82, 2.24) is 5.43 Å². The van der Waals surface area contributed by atoms with Crippen LogP contribution in [0.25, 0.3) is 6.08 Å². The number of halogens is 1. The Balaban J connectivity index is 1.88. The normalized spacial score (nSPS) is 11.0. The summed E-state index contributed by atoms with van der Waals surface area (Å²) in [4.78, 5) is 11.6. The molecule has 4 nitrogen and oxygen atoms in total. The summed E-state index contributed by atoms with van der Waals surface area (Å²) in [5, 5.41) is 4.49. The molecule has 2 aromatic carbocycles. The molecule has 0 bridgehead atoms. The number of hydrogen-bond donors (Lipinski definition) is 1. The Hall–Kier alpha value is -2.59. The zero-order valence-corrected chi connectivity index (χ0v) is 12.7. The minimum absolute atomic E-state index is 0.311. The number of rotatable bonds is 5. The molecule has 2 aromatic rings. The van der Waals surface area contributed by atoms with Crippen molar-refractivity contribution in [3.63, 3.8) is 0 Å². The number of nitrogens with one attached hydrogen (secondary N) is 1. The van der Waals surface area contributed by atoms with E-state index in [1.165, 1.54) is 12.3 Å². The quantitative estimate of drug-likeness (QED) is 0.521. The fraction of sp³-hybridized carbons (Fsp3) is 0.0588. The molecule has 0 saturated carbocycles. The van der Waals surface area contributed by atoms with Gasteiger partial charge in [0, 0.05) is 11.1 Å². The number of carbonyl (C=O) groups excluding carboxylic acids is 1. The van der Waals surface area contributed by atoms with Crippen LogP contribution in [0.4, 0.5) is 0 Å². The first kappa shape index (κ1) is 15.8. The Morgan fingerprint density at radius 2 is 1.95 bits per heavy atom. The van der Waals surface area contributed by atoms with Crippen molar-refractivity contribution in [1.29, 1.82) is 0 Å². The van der Waals surface area contributed by atoms with Crippen LogP contribution >= 0.6 is 11.6 Å². The summed E-state index contributed by atoms with van der Waals surface area (Å²) in [5.41, 5.74) is 4.13. The van der Waals surface area contributed by atoms with Crippen molar-refractivity contribution in [2.75, 3.05) is 7.11 Å². The molecule has 0 aliphatic carbocycles. The maximum atomic E-state index is 11.6. The second-order valence-electron chi connectivity index (χ2n) is 4.40. The van der Waals surface area contributed by atoms with Crippen molar-refractivity contribution in [3.05, 3.63) is 70.8 Å². The van der Waals surface area contributed by atoms with Crippen molar-refractivity contribution < 1.29 is 9.53 Å². The zero-order chi connectivity index (χ0) is 15.8. The van der Waals surface area contributed by atoms with E-state index in [0.717, 1.165) is 16.9 Å². The molecule has 0 aliphatic rings. The molecule has 0 atom stereocenters. The number of hydrogen-bond acceptors (Lipinski definition) is 3. The van der Waals surface area contributed by atoms with Crippen LogP contribution in [0, 0.1) is 0 Å². The monoisotopic (exact) mass is 314 g/mol. The molecule has 5 heteroatoms. The van der Waals surface area contributed by atoms with Crippen molar-refractivity contribution in [2.45, 2.75) is 0 Å². The molecule has 1 amide bonds. The van der Waals surface area contributed by atoms with Crippen LogP contribution in [-0.4, -0.2) is 19.2 Å². The number of carbonyl (C=O) groups is 1. The van der Waals surface area contributed by atoms with E-state index in [2.05, 4.69) is 10.5 Å². The second kappa shape index (κ2) is 8.00. The molecule has 0 spiro atoms. The summed E-state index contributed by atoms with van der Waals surface area (Å²) in [6.45, 7) is 0. The largest absolute Gasteiger partial charge is 0.497 e. The average Bonchev–Trinajstić information content (AvgIpc) is 2.53. The van der Waals surface area contributed by atoms with Gasteiger partial charge in [-0.3, -0.25) is 4.79 Å². The lowest BCUT2D eigenvalue weighted by Gasteiger charge is -1.99. The molecule has 0 aliphatic heterocycles. The van der Waals surface area contributed by atoms with Crippen LogP contribution in [0.5, 0.6) is 5.75 Å². The number of hydrazone groups is 1. The Labute approximate surface area is 134 Å². The van der Waals surface area contributed by atoms with Gasteiger partial charge in [0.25, 0.3) is 5.91 Å². The molecule has 0 saturated heterocycles. The van der Waals surface area contributed by atoms with E-state index in [9.17, 15) is 4.79 Å². The van der Waals surface area contributed by atoms with E-state index in [0.29, 0.717) is 5.02 Å². The third kappa shape index (κ3) is 5.07. The molecule has 22 heavy (non-hydrogen) atoms. The summed E-state index contributed by atoms with van der Waals surface area (Å²) >= 11 is 5.86. The smallest absolute Gasteiger partial charge is 0.264 e. The molecule has 1 N–H and O–H groups in total. The molecule has 112 valence electrons. The second-order valence-corrected chi connectivity index (χ2v) is 4.83. The molecule has 0 fully saturated rings.